The molecule has 0 aliphatic carbocycles. The van der Waals surface area contributed by atoms with E-state index in [1.54, 1.807) is 34.3 Å². The Balaban J connectivity index is 1.61. The van der Waals surface area contributed by atoms with Crippen molar-refractivity contribution in [2.45, 2.75) is 26.0 Å². The number of carbonyl (C=O) groups excluding carboxylic acids is 1. The van der Waals surface area contributed by atoms with Crippen LogP contribution in [0.2, 0.25) is 0 Å². The van der Waals surface area contributed by atoms with Gasteiger partial charge in [0.15, 0.2) is 0 Å². The molecule has 0 radical (unpaired) electrons. The van der Waals surface area contributed by atoms with Crippen molar-refractivity contribution in [3.63, 3.8) is 0 Å². The first-order valence-corrected chi connectivity index (χ1v) is 10.6. The Hall–Kier alpha value is -3.30. The van der Waals surface area contributed by atoms with Gasteiger partial charge in [-0.15, -0.1) is 11.3 Å². The molecular formula is C21H20N6O2S. The van der Waals surface area contributed by atoms with Gasteiger partial charge in [-0.1, -0.05) is 12.1 Å². The predicted octanol–water partition coefficient (Wildman–Crippen LogP) is 3.05. The topological polar surface area (TPSA) is 108 Å². The summed E-state index contributed by atoms with van der Waals surface area (Å²) < 4.78 is 7.37. The smallest absolute Gasteiger partial charge is 0.253 e. The van der Waals surface area contributed by atoms with Gasteiger partial charge in [0.05, 0.1) is 36.1 Å². The number of primary amides is 1. The lowest BCUT2D eigenvalue weighted by molar-refractivity contribution is 0.100. The van der Waals surface area contributed by atoms with Crippen LogP contribution in [0.3, 0.4) is 0 Å². The molecule has 0 saturated heterocycles. The SMILES string of the molecule is NC(=O)c1cccc2c1cnn2-c1nc2c(c(NCc3cccs3)n1)CCCOC2. The van der Waals surface area contributed by atoms with E-state index < -0.39 is 5.91 Å². The van der Waals surface area contributed by atoms with E-state index in [1.165, 1.54) is 4.88 Å². The third-order valence-corrected chi connectivity index (χ3v) is 5.99. The molecule has 8 nitrogen and oxygen atoms in total. The van der Waals surface area contributed by atoms with Crippen molar-refractivity contribution in [3.05, 3.63) is 63.6 Å². The van der Waals surface area contributed by atoms with E-state index >= 15 is 0 Å². The molecule has 0 saturated carbocycles. The number of fused-ring (bicyclic) bond motifs is 2. The molecule has 1 aromatic carbocycles. The fourth-order valence-electron chi connectivity index (χ4n) is 3.67. The summed E-state index contributed by atoms with van der Waals surface area (Å²) in [4.78, 5) is 22.6. The van der Waals surface area contributed by atoms with Crippen molar-refractivity contribution < 1.29 is 9.53 Å². The molecular weight excluding hydrogens is 400 g/mol. The summed E-state index contributed by atoms with van der Waals surface area (Å²) in [5.74, 6) is 0.739. The number of hydrogen-bond acceptors (Lipinski definition) is 7. The number of amides is 1. The van der Waals surface area contributed by atoms with Gasteiger partial charge in [-0.2, -0.15) is 14.8 Å². The maximum absolute atomic E-state index is 11.8. The number of nitrogens with two attached hydrogens (primary N) is 1. The molecule has 3 N–H and O–H groups in total. The van der Waals surface area contributed by atoms with Crippen molar-refractivity contribution >= 4 is 34.0 Å². The van der Waals surface area contributed by atoms with Crippen molar-refractivity contribution in [1.82, 2.24) is 19.7 Å². The van der Waals surface area contributed by atoms with E-state index in [-0.39, 0.29) is 0 Å². The van der Waals surface area contributed by atoms with Crippen LogP contribution in [0.25, 0.3) is 16.9 Å². The first-order chi connectivity index (χ1) is 14.7. The van der Waals surface area contributed by atoms with Gasteiger partial charge in [0.1, 0.15) is 5.82 Å². The minimum absolute atomic E-state index is 0.424. The maximum Gasteiger partial charge on any atom is 0.253 e. The lowest BCUT2D eigenvalue weighted by Gasteiger charge is -2.14. The minimum atomic E-state index is -0.491. The number of benzene rings is 1. The van der Waals surface area contributed by atoms with E-state index in [0.717, 1.165) is 35.4 Å². The normalized spacial score (nSPS) is 13.7. The van der Waals surface area contributed by atoms with Crippen LogP contribution in [-0.2, 0) is 24.3 Å². The van der Waals surface area contributed by atoms with Crippen LogP contribution in [0.15, 0.2) is 41.9 Å². The molecule has 1 aliphatic rings. The summed E-state index contributed by atoms with van der Waals surface area (Å²) in [6.45, 7) is 1.82. The van der Waals surface area contributed by atoms with Crippen LogP contribution in [0.5, 0.6) is 0 Å². The van der Waals surface area contributed by atoms with Crippen LogP contribution in [0, 0.1) is 0 Å². The van der Waals surface area contributed by atoms with E-state index in [9.17, 15) is 4.79 Å². The highest BCUT2D eigenvalue weighted by atomic mass is 32.1. The van der Waals surface area contributed by atoms with Gasteiger partial charge < -0.3 is 15.8 Å². The first kappa shape index (κ1) is 18.7. The van der Waals surface area contributed by atoms with E-state index in [0.29, 0.717) is 36.7 Å². The second-order valence-electron chi connectivity index (χ2n) is 7.05. The molecule has 9 heteroatoms. The summed E-state index contributed by atoms with van der Waals surface area (Å²) >= 11 is 1.70. The van der Waals surface area contributed by atoms with Gasteiger partial charge in [0.2, 0.25) is 5.91 Å². The molecule has 0 bridgehead atoms. The van der Waals surface area contributed by atoms with Crippen LogP contribution in [0.1, 0.15) is 32.9 Å². The zero-order chi connectivity index (χ0) is 20.5. The molecule has 30 heavy (non-hydrogen) atoms. The van der Waals surface area contributed by atoms with Gasteiger partial charge in [-0.25, -0.2) is 4.98 Å². The monoisotopic (exact) mass is 420 g/mol. The lowest BCUT2D eigenvalue weighted by atomic mass is 10.1. The fourth-order valence-corrected chi connectivity index (χ4v) is 4.31. The van der Waals surface area contributed by atoms with Gasteiger partial charge >= 0.3 is 0 Å². The molecule has 1 aliphatic heterocycles. The van der Waals surface area contributed by atoms with Crippen LogP contribution < -0.4 is 11.1 Å². The zero-order valence-corrected chi connectivity index (χ0v) is 17.0. The zero-order valence-electron chi connectivity index (χ0n) is 16.2. The van der Waals surface area contributed by atoms with Crippen molar-refractivity contribution in [3.8, 4) is 5.95 Å². The second kappa shape index (κ2) is 7.85. The number of aromatic nitrogens is 4. The van der Waals surface area contributed by atoms with E-state index in [4.69, 9.17) is 20.4 Å². The third kappa shape index (κ3) is 3.42. The number of ether oxygens (including phenoxy) is 1. The Labute approximate surface area is 176 Å². The number of anilines is 1. The average Bonchev–Trinajstić information content (AvgIpc) is 3.36. The Morgan fingerprint density at radius 2 is 2.20 bits per heavy atom. The summed E-state index contributed by atoms with van der Waals surface area (Å²) in [6.07, 6.45) is 3.41. The Bertz CT molecular complexity index is 1220. The molecule has 152 valence electrons. The number of nitrogens with one attached hydrogen (secondary N) is 1. The van der Waals surface area contributed by atoms with Crippen LogP contribution >= 0.6 is 11.3 Å². The molecule has 5 rings (SSSR count). The average molecular weight is 420 g/mol. The second-order valence-corrected chi connectivity index (χ2v) is 8.08. The van der Waals surface area contributed by atoms with E-state index in [2.05, 4.69) is 21.9 Å². The molecule has 0 fully saturated rings. The van der Waals surface area contributed by atoms with Crippen molar-refractivity contribution in [1.29, 1.82) is 0 Å². The molecule has 4 heterocycles. The Morgan fingerprint density at radius 1 is 1.27 bits per heavy atom. The fraction of sp³-hybridized carbons (Fsp3) is 0.238. The molecule has 1 amide bonds. The molecule has 4 aromatic rings. The highest BCUT2D eigenvalue weighted by Crippen LogP contribution is 2.26. The summed E-state index contributed by atoms with van der Waals surface area (Å²) in [5, 5.41) is 10.7. The summed E-state index contributed by atoms with van der Waals surface area (Å²) in [6, 6.07) is 9.47. The standard InChI is InChI=1S/C21H20N6O2S/c22-19(28)14-5-1-7-18-16(14)11-24-27(18)21-25-17-12-29-8-2-6-15(17)20(26-21)23-10-13-4-3-9-30-13/h1,3-5,7,9,11H,2,6,8,10,12H2,(H2,22,28)(H,23,25,26). The van der Waals surface area contributed by atoms with Gasteiger partial charge in [0, 0.05) is 22.4 Å². The lowest BCUT2D eigenvalue weighted by Crippen LogP contribution is -2.13. The van der Waals surface area contributed by atoms with Crippen LogP contribution in [0.4, 0.5) is 5.82 Å². The van der Waals surface area contributed by atoms with E-state index in [1.807, 2.05) is 12.1 Å². The first-order valence-electron chi connectivity index (χ1n) is 9.71. The highest BCUT2D eigenvalue weighted by Gasteiger charge is 2.20. The largest absolute Gasteiger partial charge is 0.375 e. The number of thiophene rings is 1. The van der Waals surface area contributed by atoms with Gasteiger partial charge in [0.25, 0.3) is 5.95 Å². The number of hydrogen-bond donors (Lipinski definition) is 2. The number of carbonyl (C=O) groups is 1. The summed E-state index contributed by atoms with van der Waals surface area (Å²) in [5.41, 5.74) is 8.61. The van der Waals surface area contributed by atoms with Crippen LogP contribution in [-0.4, -0.2) is 32.3 Å². The molecule has 0 spiro atoms. The molecule has 3 aromatic heterocycles. The van der Waals surface area contributed by atoms with Crippen molar-refractivity contribution in [2.75, 3.05) is 11.9 Å². The highest BCUT2D eigenvalue weighted by molar-refractivity contribution is 7.09. The van der Waals surface area contributed by atoms with Crippen molar-refractivity contribution in [2.24, 2.45) is 5.73 Å². The molecule has 0 atom stereocenters. The quantitative estimate of drug-likeness (QED) is 0.514. The number of nitrogens with zero attached hydrogens (tertiary/aromatic N) is 4. The van der Waals surface area contributed by atoms with Gasteiger partial charge in [-0.3, -0.25) is 4.79 Å². The van der Waals surface area contributed by atoms with Gasteiger partial charge in [-0.05, 0) is 36.4 Å². The Morgan fingerprint density at radius 3 is 3.03 bits per heavy atom. The molecule has 0 unspecified atom stereocenters. The minimum Gasteiger partial charge on any atom is -0.375 e. The maximum atomic E-state index is 11.8. The Kier molecular flexibility index (Phi) is 4.89. The summed E-state index contributed by atoms with van der Waals surface area (Å²) in [7, 11) is 0. The number of rotatable bonds is 5. The third-order valence-electron chi connectivity index (χ3n) is 5.11. The predicted molar refractivity (Wildman–Crippen MR) is 115 cm³/mol.